The normalized spacial score (nSPS) is 18.4. The summed E-state index contributed by atoms with van der Waals surface area (Å²) in [5, 5.41) is 0. The van der Waals surface area contributed by atoms with Crippen molar-refractivity contribution in [2.24, 2.45) is 0 Å². The number of rotatable bonds is 0. The lowest BCUT2D eigenvalue weighted by atomic mass is 10.1. The second kappa shape index (κ2) is 16.3. The molecule has 0 heteroatoms. The quantitative estimate of drug-likeness (QED) is 0.444. The number of hydrogen-bond donors (Lipinski definition) is 0. The fraction of sp³-hybridized carbons (Fsp3) is 0.304. The van der Waals surface area contributed by atoms with E-state index in [4.69, 9.17) is 0 Å². The van der Waals surface area contributed by atoms with Gasteiger partial charge in [0.05, 0.1) is 0 Å². The van der Waals surface area contributed by atoms with E-state index in [1.165, 1.54) is 44.9 Å². The maximum Gasteiger partial charge on any atom is -0.0348 e. The van der Waals surface area contributed by atoms with Crippen LogP contribution < -0.4 is 0 Å². The molecule has 0 aliphatic heterocycles. The van der Waals surface area contributed by atoms with E-state index in [1.807, 2.05) is 36.5 Å². The Morgan fingerprint density at radius 2 is 0.522 bits per heavy atom. The van der Waals surface area contributed by atoms with E-state index in [1.54, 1.807) is 0 Å². The van der Waals surface area contributed by atoms with Crippen molar-refractivity contribution in [2.45, 2.75) is 44.9 Å². The van der Waals surface area contributed by atoms with Crippen LogP contribution in [0.15, 0.2) is 97.2 Å². The van der Waals surface area contributed by atoms with Gasteiger partial charge in [-0.3, -0.25) is 0 Å². The van der Waals surface area contributed by atoms with Gasteiger partial charge in [0.25, 0.3) is 0 Å². The van der Waals surface area contributed by atoms with Crippen LogP contribution in [0.1, 0.15) is 44.9 Å². The summed E-state index contributed by atoms with van der Waals surface area (Å²) in [4.78, 5) is 0. The highest BCUT2D eigenvalue weighted by Crippen LogP contribution is 2.08. The molecule has 0 amide bonds. The number of hydrogen-bond acceptors (Lipinski definition) is 0. The van der Waals surface area contributed by atoms with Crippen molar-refractivity contribution >= 4 is 0 Å². The van der Waals surface area contributed by atoms with Gasteiger partial charge in [-0.2, -0.15) is 0 Å². The van der Waals surface area contributed by atoms with Gasteiger partial charge in [0.15, 0.2) is 0 Å². The van der Waals surface area contributed by atoms with Crippen LogP contribution in [0.2, 0.25) is 0 Å². The molecule has 0 bridgehead atoms. The molecule has 1 aliphatic carbocycles. The summed E-state index contributed by atoms with van der Waals surface area (Å²) in [5.74, 6) is 0. The molecule has 0 heterocycles. The lowest BCUT2D eigenvalue weighted by molar-refractivity contribution is 0.622. The Morgan fingerprint density at radius 3 is 0.870 bits per heavy atom. The first-order valence-corrected chi connectivity index (χ1v) is 8.82. The first-order chi connectivity index (χ1) is 11.5. The first-order valence-electron chi connectivity index (χ1n) is 8.82. The van der Waals surface area contributed by atoms with Gasteiger partial charge in [-0.15, -0.1) is 0 Å². The highest BCUT2D eigenvalue weighted by atomic mass is 13.9. The smallest absolute Gasteiger partial charge is 0.0348 e. The number of allylic oxidation sites excluding steroid dienone is 16. The molecule has 0 saturated carbocycles. The topological polar surface area (TPSA) is 0 Å². The SMILES string of the molecule is C1=CC=CC=CC=CCCCCCCCC=CC=CC=CC=C1. The van der Waals surface area contributed by atoms with Crippen molar-refractivity contribution in [3.63, 3.8) is 0 Å². The second-order valence-corrected chi connectivity index (χ2v) is 5.51. The molecule has 0 nitrogen and oxygen atoms in total. The Balaban J connectivity index is 2.44. The lowest BCUT2D eigenvalue weighted by Crippen LogP contribution is -1.78. The van der Waals surface area contributed by atoms with Crippen LogP contribution >= 0.6 is 0 Å². The Bertz CT molecular complexity index is 444. The van der Waals surface area contributed by atoms with Crippen molar-refractivity contribution in [1.82, 2.24) is 0 Å². The van der Waals surface area contributed by atoms with Gasteiger partial charge in [0.1, 0.15) is 0 Å². The fourth-order valence-electron chi connectivity index (χ4n) is 2.17. The van der Waals surface area contributed by atoms with Crippen molar-refractivity contribution in [2.75, 3.05) is 0 Å². The molecule has 0 saturated heterocycles. The third-order valence-electron chi connectivity index (χ3n) is 3.46. The van der Waals surface area contributed by atoms with E-state index in [0.717, 1.165) is 0 Å². The average Bonchev–Trinajstić information content (AvgIpc) is 2.56. The molecule has 0 radical (unpaired) electrons. The van der Waals surface area contributed by atoms with Gasteiger partial charge in [-0.1, -0.05) is 116 Å². The minimum absolute atomic E-state index is 1.19. The van der Waals surface area contributed by atoms with Crippen LogP contribution in [0, 0.1) is 0 Å². The van der Waals surface area contributed by atoms with Crippen molar-refractivity contribution in [3.8, 4) is 0 Å². The predicted molar refractivity (Wildman–Crippen MR) is 105 cm³/mol. The predicted octanol–water partition coefficient (Wildman–Crippen LogP) is 7.18. The molecule has 1 aliphatic rings. The summed E-state index contributed by atoms with van der Waals surface area (Å²) in [5.41, 5.74) is 0. The third-order valence-corrected chi connectivity index (χ3v) is 3.46. The third kappa shape index (κ3) is 14.6. The van der Waals surface area contributed by atoms with Crippen LogP contribution in [0.5, 0.6) is 0 Å². The van der Waals surface area contributed by atoms with Crippen LogP contribution in [-0.4, -0.2) is 0 Å². The molecular weight excluding hydrogens is 276 g/mol. The van der Waals surface area contributed by atoms with E-state index in [-0.39, 0.29) is 0 Å². The first kappa shape index (κ1) is 19.0. The zero-order chi connectivity index (χ0) is 16.3. The maximum atomic E-state index is 2.26. The van der Waals surface area contributed by atoms with Crippen LogP contribution in [0.4, 0.5) is 0 Å². The summed E-state index contributed by atoms with van der Waals surface area (Å²) in [7, 11) is 0. The van der Waals surface area contributed by atoms with E-state index >= 15 is 0 Å². The molecule has 0 atom stereocenters. The van der Waals surface area contributed by atoms with E-state index in [9.17, 15) is 0 Å². The molecule has 0 aromatic heterocycles. The molecule has 0 fully saturated rings. The molecule has 0 aromatic rings. The minimum Gasteiger partial charge on any atom is -0.0845 e. The van der Waals surface area contributed by atoms with Gasteiger partial charge < -0.3 is 0 Å². The molecule has 1 rings (SSSR count). The van der Waals surface area contributed by atoms with E-state index in [0.29, 0.717) is 0 Å². The monoisotopic (exact) mass is 306 g/mol. The van der Waals surface area contributed by atoms with E-state index in [2.05, 4.69) is 60.8 Å². The summed E-state index contributed by atoms with van der Waals surface area (Å²) < 4.78 is 0. The summed E-state index contributed by atoms with van der Waals surface area (Å²) in [6.45, 7) is 0. The summed E-state index contributed by atoms with van der Waals surface area (Å²) in [6.07, 6.45) is 42.5. The highest BCUT2D eigenvalue weighted by molar-refractivity contribution is 5.21. The molecule has 0 aromatic carbocycles. The van der Waals surface area contributed by atoms with Crippen molar-refractivity contribution in [3.05, 3.63) is 97.2 Å². The summed E-state index contributed by atoms with van der Waals surface area (Å²) >= 11 is 0. The summed E-state index contributed by atoms with van der Waals surface area (Å²) in [6, 6.07) is 0. The Morgan fingerprint density at radius 1 is 0.261 bits per heavy atom. The average molecular weight is 306 g/mol. The minimum atomic E-state index is 1.19. The van der Waals surface area contributed by atoms with Gasteiger partial charge in [-0.25, -0.2) is 0 Å². The van der Waals surface area contributed by atoms with E-state index < -0.39 is 0 Å². The lowest BCUT2D eigenvalue weighted by Gasteiger charge is -1.97. The molecule has 122 valence electrons. The van der Waals surface area contributed by atoms with Crippen LogP contribution in [0.25, 0.3) is 0 Å². The van der Waals surface area contributed by atoms with Crippen molar-refractivity contribution < 1.29 is 0 Å². The standard InChI is InChI=1S/C23H30/c1-2-4-6-8-10-12-14-16-18-20-22-23-21-19-17-15-13-11-9-7-5-3-1/h1-16H,17-23H2. The Labute approximate surface area is 142 Å². The molecule has 0 spiro atoms. The fourth-order valence-corrected chi connectivity index (χ4v) is 2.17. The molecule has 0 N–H and O–H groups in total. The van der Waals surface area contributed by atoms with Gasteiger partial charge in [-0.05, 0) is 25.7 Å². The van der Waals surface area contributed by atoms with Gasteiger partial charge in [0.2, 0.25) is 0 Å². The van der Waals surface area contributed by atoms with Crippen LogP contribution in [-0.2, 0) is 0 Å². The Hall–Kier alpha value is -2.08. The molecular formula is C23H30. The zero-order valence-corrected chi connectivity index (χ0v) is 14.2. The second-order valence-electron chi connectivity index (χ2n) is 5.51. The van der Waals surface area contributed by atoms with Crippen molar-refractivity contribution in [1.29, 1.82) is 0 Å². The van der Waals surface area contributed by atoms with Crippen LogP contribution in [0.3, 0.4) is 0 Å². The highest BCUT2D eigenvalue weighted by Gasteiger charge is 1.88. The zero-order valence-electron chi connectivity index (χ0n) is 14.2. The molecule has 0 unspecified atom stereocenters. The largest absolute Gasteiger partial charge is 0.0845 e. The van der Waals surface area contributed by atoms with Gasteiger partial charge >= 0.3 is 0 Å². The molecule has 23 heavy (non-hydrogen) atoms. The maximum absolute atomic E-state index is 2.26. The van der Waals surface area contributed by atoms with Gasteiger partial charge in [0, 0.05) is 0 Å². The Kier molecular flexibility index (Phi) is 13.4.